The summed E-state index contributed by atoms with van der Waals surface area (Å²) in [5.41, 5.74) is 1.11. The van der Waals surface area contributed by atoms with Crippen molar-refractivity contribution in [2.24, 2.45) is 11.8 Å². The first-order valence-electron chi connectivity index (χ1n) is 10.5. The van der Waals surface area contributed by atoms with E-state index in [0.717, 1.165) is 37.9 Å². The Labute approximate surface area is 173 Å². The maximum Gasteiger partial charge on any atom is 0.236 e. The molecule has 0 saturated carbocycles. The molecule has 1 aromatic carbocycles. The van der Waals surface area contributed by atoms with Gasteiger partial charge in [0.2, 0.25) is 11.8 Å². The zero-order chi connectivity index (χ0) is 20.1. The second kappa shape index (κ2) is 9.75. The number of halogens is 1. The van der Waals surface area contributed by atoms with Gasteiger partial charge in [0, 0.05) is 43.2 Å². The van der Waals surface area contributed by atoms with Crippen molar-refractivity contribution in [1.82, 2.24) is 15.1 Å². The normalized spacial score (nSPS) is 22.2. The lowest BCUT2D eigenvalue weighted by molar-refractivity contribution is -0.141. The van der Waals surface area contributed by atoms with Gasteiger partial charge in [-0.05, 0) is 56.2 Å². The van der Waals surface area contributed by atoms with E-state index in [1.54, 1.807) is 0 Å². The minimum atomic E-state index is 0.0790. The number of hydrogen-bond donors (Lipinski definition) is 1. The van der Waals surface area contributed by atoms with Gasteiger partial charge >= 0.3 is 0 Å². The molecule has 2 heterocycles. The first-order chi connectivity index (χ1) is 13.4. The maximum absolute atomic E-state index is 12.8. The molecule has 0 bridgehead atoms. The van der Waals surface area contributed by atoms with Gasteiger partial charge in [0.25, 0.3) is 0 Å². The summed E-state index contributed by atoms with van der Waals surface area (Å²) < 4.78 is 0. The SMILES string of the molecule is CC1CCCN(C(=O)C2CCN(C(=O)CNC(C)c3ccc(Cl)cc3)CC2)C1. The number of nitrogens with one attached hydrogen (secondary N) is 1. The number of carbonyl (C=O) groups is 2. The Balaban J connectivity index is 1.42. The number of carbonyl (C=O) groups excluding carboxylic acids is 2. The average molecular weight is 406 g/mol. The highest BCUT2D eigenvalue weighted by Crippen LogP contribution is 2.24. The Bertz CT molecular complexity index is 671. The fraction of sp³-hybridized carbons (Fsp3) is 0.636. The molecule has 2 aliphatic rings. The molecule has 0 spiro atoms. The number of benzene rings is 1. The van der Waals surface area contributed by atoms with Crippen LogP contribution < -0.4 is 5.32 Å². The molecule has 1 N–H and O–H groups in total. The first kappa shape index (κ1) is 21.1. The van der Waals surface area contributed by atoms with Gasteiger partial charge in [0.05, 0.1) is 6.54 Å². The number of amides is 2. The van der Waals surface area contributed by atoms with E-state index >= 15 is 0 Å². The summed E-state index contributed by atoms with van der Waals surface area (Å²) in [6.07, 6.45) is 3.89. The first-order valence-corrected chi connectivity index (χ1v) is 10.9. The van der Waals surface area contributed by atoms with E-state index in [1.165, 1.54) is 6.42 Å². The van der Waals surface area contributed by atoms with Gasteiger partial charge in [-0.2, -0.15) is 0 Å². The van der Waals surface area contributed by atoms with Crippen LogP contribution in [0.2, 0.25) is 5.02 Å². The minimum Gasteiger partial charge on any atom is -0.342 e. The molecule has 3 rings (SSSR count). The summed E-state index contributed by atoms with van der Waals surface area (Å²) in [5, 5.41) is 4.01. The van der Waals surface area contributed by atoms with Gasteiger partial charge in [0.15, 0.2) is 0 Å². The monoisotopic (exact) mass is 405 g/mol. The van der Waals surface area contributed by atoms with Crippen LogP contribution in [0.15, 0.2) is 24.3 Å². The molecule has 2 aliphatic heterocycles. The standard InChI is InChI=1S/C22H32ClN3O2/c1-16-4-3-11-26(15-16)22(28)19-9-12-25(13-10-19)21(27)14-24-17(2)18-5-7-20(23)8-6-18/h5-8,16-17,19,24H,3-4,9-15H2,1-2H3. The number of hydrogen-bond acceptors (Lipinski definition) is 3. The molecule has 2 amide bonds. The van der Waals surface area contributed by atoms with Crippen molar-refractivity contribution in [3.05, 3.63) is 34.9 Å². The zero-order valence-corrected chi connectivity index (χ0v) is 17.8. The van der Waals surface area contributed by atoms with Crippen LogP contribution in [0.1, 0.15) is 51.1 Å². The molecule has 0 aliphatic carbocycles. The molecule has 0 radical (unpaired) electrons. The predicted octanol–water partition coefficient (Wildman–Crippen LogP) is 3.49. The Morgan fingerprint density at radius 1 is 1.11 bits per heavy atom. The quantitative estimate of drug-likeness (QED) is 0.815. The molecular weight excluding hydrogens is 374 g/mol. The highest BCUT2D eigenvalue weighted by molar-refractivity contribution is 6.30. The molecule has 1 aromatic rings. The lowest BCUT2D eigenvalue weighted by Crippen LogP contribution is -2.48. The Hall–Kier alpha value is -1.59. The molecule has 6 heteroatoms. The van der Waals surface area contributed by atoms with E-state index in [0.29, 0.717) is 36.5 Å². The molecule has 2 unspecified atom stereocenters. The van der Waals surface area contributed by atoms with Crippen molar-refractivity contribution in [2.75, 3.05) is 32.7 Å². The summed E-state index contributed by atoms with van der Waals surface area (Å²) in [7, 11) is 0. The maximum atomic E-state index is 12.8. The lowest BCUT2D eigenvalue weighted by Gasteiger charge is -2.37. The molecular formula is C22H32ClN3O2. The predicted molar refractivity (Wildman–Crippen MR) is 112 cm³/mol. The lowest BCUT2D eigenvalue weighted by atomic mass is 9.92. The highest BCUT2D eigenvalue weighted by atomic mass is 35.5. The van der Waals surface area contributed by atoms with Crippen LogP contribution in [0.4, 0.5) is 0 Å². The van der Waals surface area contributed by atoms with Crippen molar-refractivity contribution in [2.45, 2.75) is 45.6 Å². The summed E-state index contributed by atoms with van der Waals surface area (Å²) in [5.74, 6) is 1.09. The van der Waals surface area contributed by atoms with Crippen molar-refractivity contribution >= 4 is 23.4 Å². The summed E-state index contributed by atoms with van der Waals surface area (Å²) >= 11 is 5.93. The van der Waals surface area contributed by atoms with E-state index in [9.17, 15) is 9.59 Å². The van der Waals surface area contributed by atoms with E-state index in [1.807, 2.05) is 41.0 Å². The van der Waals surface area contributed by atoms with Gasteiger partial charge in [-0.15, -0.1) is 0 Å². The van der Waals surface area contributed by atoms with Gasteiger partial charge in [-0.1, -0.05) is 30.7 Å². The van der Waals surface area contributed by atoms with Crippen LogP contribution in [0.25, 0.3) is 0 Å². The topological polar surface area (TPSA) is 52.7 Å². The number of nitrogens with zero attached hydrogens (tertiary/aromatic N) is 2. The van der Waals surface area contributed by atoms with Crippen LogP contribution in [0.5, 0.6) is 0 Å². The molecule has 154 valence electrons. The Morgan fingerprint density at radius 2 is 1.79 bits per heavy atom. The van der Waals surface area contributed by atoms with E-state index in [4.69, 9.17) is 11.6 Å². The summed E-state index contributed by atoms with van der Waals surface area (Å²) in [6, 6.07) is 7.76. The van der Waals surface area contributed by atoms with Crippen LogP contribution in [0.3, 0.4) is 0 Å². The van der Waals surface area contributed by atoms with Gasteiger partial charge < -0.3 is 15.1 Å². The Kier molecular flexibility index (Phi) is 7.36. The third-order valence-corrected chi connectivity index (χ3v) is 6.35. The fourth-order valence-corrected chi connectivity index (χ4v) is 4.37. The number of piperidine rings is 2. The smallest absolute Gasteiger partial charge is 0.236 e. The summed E-state index contributed by atoms with van der Waals surface area (Å²) in [6.45, 7) is 7.72. The van der Waals surface area contributed by atoms with E-state index < -0.39 is 0 Å². The van der Waals surface area contributed by atoms with Crippen molar-refractivity contribution < 1.29 is 9.59 Å². The molecule has 2 atom stereocenters. The van der Waals surface area contributed by atoms with E-state index in [2.05, 4.69) is 12.2 Å². The molecule has 2 fully saturated rings. The average Bonchev–Trinajstić information content (AvgIpc) is 2.72. The summed E-state index contributed by atoms with van der Waals surface area (Å²) in [4.78, 5) is 29.3. The van der Waals surface area contributed by atoms with Gasteiger partial charge in [-0.25, -0.2) is 0 Å². The third kappa shape index (κ3) is 5.48. The molecule has 2 saturated heterocycles. The van der Waals surface area contributed by atoms with Crippen LogP contribution in [-0.2, 0) is 9.59 Å². The molecule has 0 aromatic heterocycles. The van der Waals surface area contributed by atoms with Crippen molar-refractivity contribution in [3.63, 3.8) is 0 Å². The largest absolute Gasteiger partial charge is 0.342 e. The Morgan fingerprint density at radius 3 is 2.43 bits per heavy atom. The van der Waals surface area contributed by atoms with Gasteiger partial charge in [-0.3, -0.25) is 9.59 Å². The van der Waals surface area contributed by atoms with Gasteiger partial charge in [0.1, 0.15) is 0 Å². The van der Waals surface area contributed by atoms with Crippen LogP contribution >= 0.6 is 11.6 Å². The van der Waals surface area contributed by atoms with Crippen molar-refractivity contribution in [3.8, 4) is 0 Å². The number of rotatable bonds is 5. The third-order valence-electron chi connectivity index (χ3n) is 6.10. The molecule has 28 heavy (non-hydrogen) atoms. The second-order valence-corrected chi connectivity index (χ2v) is 8.78. The van der Waals surface area contributed by atoms with Crippen LogP contribution in [-0.4, -0.2) is 54.3 Å². The number of likely N-dealkylation sites (tertiary alicyclic amines) is 2. The molecule has 5 nitrogen and oxygen atoms in total. The van der Waals surface area contributed by atoms with Crippen LogP contribution in [0, 0.1) is 11.8 Å². The van der Waals surface area contributed by atoms with E-state index in [-0.39, 0.29) is 17.9 Å². The highest BCUT2D eigenvalue weighted by Gasteiger charge is 2.31. The minimum absolute atomic E-state index is 0.0790. The van der Waals surface area contributed by atoms with Crippen molar-refractivity contribution in [1.29, 1.82) is 0 Å². The zero-order valence-electron chi connectivity index (χ0n) is 17.0. The second-order valence-electron chi connectivity index (χ2n) is 8.34. The fourth-order valence-electron chi connectivity index (χ4n) is 4.25.